The van der Waals surface area contributed by atoms with E-state index >= 15 is 0 Å². The largest absolute Gasteiger partial charge is 0.351 e. The molecule has 3 heterocycles. The minimum Gasteiger partial charge on any atom is -0.351 e. The normalized spacial score (nSPS) is 14.4. The van der Waals surface area contributed by atoms with Gasteiger partial charge in [-0.15, -0.1) is 11.3 Å². The molecular formula is C12H10ClN3OS. The maximum Gasteiger partial charge on any atom is 0.156 e. The number of carbonyl (C=O) groups excluding carboxylic acids is 1. The highest BCUT2D eigenvalue weighted by Crippen LogP contribution is 2.29. The molecule has 0 unspecified atom stereocenters. The van der Waals surface area contributed by atoms with Gasteiger partial charge in [0.1, 0.15) is 17.3 Å². The Labute approximate surface area is 113 Å². The van der Waals surface area contributed by atoms with Crippen LogP contribution in [0.3, 0.4) is 0 Å². The van der Waals surface area contributed by atoms with E-state index in [9.17, 15) is 4.79 Å². The average Bonchev–Trinajstić information content (AvgIpc) is 2.85. The van der Waals surface area contributed by atoms with E-state index in [1.807, 2.05) is 0 Å². The molecule has 0 N–H and O–H groups in total. The van der Waals surface area contributed by atoms with Crippen molar-refractivity contribution in [3.63, 3.8) is 0 Å². The molecule has 3 rings (SSSR count). The standard InChI is InChI=1S/C12H10ClN3OS/c13-11-9(6-17)12(15-7-14-11)16-3-1-10-8(5-16)2-4-18-10/h2,4,6-7H,1,3,5H2. The van der Waals surface area contributed by atoms with Crippen molar-refractivity contribution in [1.29, 1.82) is 0 Å². The van der Waals surface area contributed by atoms with Gasteiger partial charge in [0.25, 0.3) is 0 Å². The lowest BCUT2D eigenvalue weighted by Gasteiger charge is -2.28. The molecule has 0 aliphatic carbocycles. The zero-order valence-electron chi connectivity index (χ0n) is 9.47. The molecule has 2 aromatic heterocycles. The van der Waals surface area contributed by atoms with Crippen molar-refractivity contribution in [2.45, 2.75) is 13.0 Å². The number of carbonyl (C=O) groups is 1. The number of aromatic nitrogens is 2. The van der Waals surface area contributed by atoms with Crippen LogP contribution >= 0.6 is 22.9 Å². The molecule has 2 aromatic rings. The van der Waals surface area contributed by atoms with Crippen LogP contribution in [0.15, 0.2) is 17.8 Å². The van der Waals surface area contributed by atoms with Crippen molar-refractivity contribution >= 4 is 35.0 Å². The summed E-state index contributed by atoms with van der Waals surface area (Å²) >= 11 is 7.70. The molecule has 6 heteroatoms. The number of nitrogens with zero attached hydrogens (tertiary/aromatic N) is 3. The first kappa shape index (κ1) is 11.6. The lowest BCUT2D eigenvalue weighted by Crippen LogP contribution is -2.31. The molecule has 92 valence electrons. The summed E-state index contributed by atoms with van der Waals surface area (Å²) in [6, 6.07) is 2.12. The second kappa shape index (κ2) is 4.66. The van der Waals surface area contributed by atoms with Crippen LogP contribution in [0, 0.1) is 0 Å². The van der Waals surface area contributed by atoms with Crippen molar-refractivity contribution in [1.82, 2.24) is 9.97 Å². The zero-order valence-corrected chi connectivity index (χ0v) is 11.0. The van der Waals surface area contributed by atoms with Gasteiger partial charge >= 0.3 is 0 Å². The summed E-state index contributed by atoms with van der Waals surface area (Å²) in [5.41, 5.74) is 1.68. The number of anilines is 1. The van der Waals surface area contributed by atoms with Crippen molar-refractivity contribution in [2.75, 3.05) is 11.4 Å². The van der Waals surface area contributed by atoms with E-state index in [0.717, 1.165) is 25.8 Å². The highest BCUT2D eigenvalue weighted by molar-refractivity contribution is 7.10. The summed E-state index contributed by atoms with van der Waals surface area (Å²) in [6.07, 6.45) is 3.10. The zero-order chi connectivity index (χ0) is 12.5. The van der Waals surface area contributed by atoms with Crippen LogP contribution in [0.1, 0.15) is 20.8 Å². The molecule has 0 saturated heterocycles. The van der Waals surface area contributed by atoms with Crippen LogP contribution in [0.2, 0.25) is 5.15 Å². The maximum absolute atomic E-state index is 11.1. The van der Waals surface area contributed by atoms with Crippen LogP contribution in [0.4, 0.5) is 5.82 Å². The fourth-order valence-corrected chi connectivity index (χ4v) is 3.21. The fraction of sp³-hybridized carbons (Fsp3) is 0.250. The Kier molecular flexibility index (Phi) is 3.01. The quantitative estimate of drug-likeness (QED) is 0.626. The number of hydrogen-bond acceptors (Lipinski definition) is 5. The predicted octanol–water partition coefficient (Wildman–Crippen LogP) is 2.57. The minimum atomic E-state index is 0.214. The third kappa shape index (κ3) is 1.89. The Morgan fingerprint density at radius 1 is 1.44 bits per heavy atom. The first-order chi connectivity index (χ1) is 8.79. The molecule has 0 aromatic carbocycles. The van der Waals surface area contributed by atoms with E-state index < -0.39 is 0 Å². The van der Waals surface area contributed by atoms with Gasteiger partial charge in [0, 0.05) is 18.0 Å². The smallest absolute Gasteiger partial charge is 0.156 e. The van der Waals surface area contributed by atoms with Crippen LogP contribution < -0.4 is 4.90 Å². The third-order valence-electron chi connectivity index (χ3n) is 3.04. The van der Waals surface area contributed by atoms with E-state index in [-0.39, 0.29) is 5.15 Å². The number of fused-ring (bicyclic) bond motifs is 1. The number of halogens is 1. The molecule has 1 aliphatic rings. The van der Waals surface area contributed by atoms with Crippen LogP contribution in [-0.2, 0) is 13.0 Å². The third-order valence-corrected chi connectivity index (χ3v) is 4.36. The van der Waals surface area contributed by atoms with Crippen molar-refractivity contribution < 1.29 is 4.79 Å². The van der Waals surface area contributed by atoms with Crippen molar-refractivity contribution in [3.8, 4) is 0 Å². The van der Waals surface area contributed by atoms with Crippen molar-refractivity contribution in [2.24, 2.45) is 0 Å². The molecular weight excluding hydrogens is 270 g/mol. The first-order valence-corrected chi connectivity index (χ1v) is 6.81. The topological polar surface area (TPSA) is 46.1 Å². The molecule has 0 amide bonds. The van der Waals surface area contributed by atoms with Crippen LogP contribution in [0.5, 0.6) is 0 Å². The minimum absolute atomic E-state index is 0.214. The highest BCUT2D eigenvalue weighted by Gasteiger charge is 2.21. The Morgan fingerprint density at radius 3 is 3.17 bits per heavy atom. The molecule has 0 spiro atoms. The second-order valence-corrected chi connectivity index (χ2v) is 5.42. The fourth-order valence-electron chi connectivity index (χ4n) is 2.15. The molecule has 1 aliphatic heterocycles. The van der Waals surface area contributed by atoms with E-state index in [2.05, 4.69) is 26.3 Å². The van der Waals surface area contributed by atoms with Crippen molar-refractivity contribution in [3.05, 3.63) is 38.9 Å². The van der Waals surface area contributed by atoms with E-state index in [4.69, 9.17) is 11.6 Å². The molecule has 18 heavy (non-hydrogen) atoms. The van der Waals surface area contributed by atoms with Gasteiger partial charge in [-0.05, 0) is 23.4 Å². The van der Waals surface area contributed by atoms with Gasteiger partial charge in [0.2, 0.25) is 0 Å². The summed E-state index contributed by atoms with van der Waals surface area (Å²) in [7, 11) is 0. The number of hydrogen-bond donors (Lipinski definition) is 0. The Balaban J connectivity index is 1.98. The summed E-state index contributed by atoms with van der Waals surface area (Å²) in [5, 5.41) is 2.31. The molecule has 0 fully saturated rings. The van der Waals surface area contributed by atoms with E-state index in [1.165, 1.54) is 16.8 Å². The highest BCUT2D eigenvalue weighted by atomic mass is 35.5. The molecule has 0 bridgehead atoms. The summed E-state index contributed by atoms with van der Waals surface area (Å²) in [5.74, 6) is 0.627. The van der Waals surface area contributed by atoms with Gasteiger partial charge in [-0.25, -0.2) is 9.97 Å². The van der Waals surface area contributed by atoms with E-state index in [0.29, 0.717) is 11.4 Å². The van der Waals surface area contributed by atoms with Gasteiger partial charge < -0.3 is 4.90 Å². The van der Waals surface area contributed by atoms with Gasteiger partial charge in [0.05, 0.1) is 5.56 Å². The number of thiophene rings is 1. The molecule has 4 nitrogen and oxygen atoms in total. The lowest BCUT2D eigenvalue weighted by atomic mass is 10.1. The first-order valence-electron chi connectivity index (χ1n) is 5.55. The molecule has 0 saturated carbocycles. The lowest BCUT2D eigenvalue weighted by molar-refractivity contribution is 0.112. The number of rotatable bonds is 2. The summed E-state index contributed by atoms with van der Waals surface area (Å²) in [6.45, 7) is 1.62. The second-order valence-electron chi connectivity index (χ2n) is 4.06. The van der Waals surface area contributed by atoms with Gasteiger partial charge in [0.15, 0.2) is 6.29 Å². The predicted molar refractivity (Wildman–Crippen MR) is 71.5 cm³/mol. The monoisotopic (exact) mass is 279 g/mol. The Morgan fingerprint density at radius 2 is 2.33 bits per heavy atom. The summed E-state index contributed by atoms with van der Waals surface area (Å²) in [4.78, 5) is 22.6. The van der Waals surface area contributed by atoms with Gasteiger partial charge in [-0.1, -0.05) is 11.6 Å². The maximum atomic E-state index is 11.1. The molecule has 0 radical (unpaired) electrons. The van der Waals surface area contributed by atoms with E-state index in [1.54, 1.807) is 11.3 Å². The summed E-state index contributed by atoms with van der Waals surface area (Å²) < 4.78 is 0. The SMILES string of the molecule is O=Cc1c(Cl)ncnc1N1CCc2sccc2C1. The number of aldehydes is 1. The molecule has 0 atom stereocenters. The van der Waals surface area contributed by atoms with Crippen LogP contribution in [0.25, 0.3) is 0 Å². The van der Waals surface area contributed by atoms with Crippen LogP contribution in [-0.4, -0.2) is 22.8 Å². The Bertz CT molecular complexity index is 599. The Hall–Kier alpha value is -1.46. The average molecular weight is 280 g/mol. The van der Waals surface area contributed by atoms with Gasteiger partial charge in [-0.3, -0.25) is 4.79 Å². The van der Waals surface area contributed by atoms with Gasteiger partial charge in [-0.2, -0.15) is 0 Å².